The number of para-hydroxylation sites is 1. The average molecular weight is 531 g/mol. The molecule has 0 bridgehead atoms. The van der Waals surface area contributed by atoms with E-state index in [-0.39, 0.29) is 5.91 Å². The molecule has 1 N–H and O–H groups in total. The minimum Gasteiger partial charge on any atom is -0.276 e. The number of aliphatic imine (C=N–C) groups is 1. The number of halogens is 2. The molecule has 186 valence electrons. The molecule has 0 saturated carbocycles. The Balaban J connectivity index is 0.00000103. The lowest BCUT2D eigenvalue weighted by Gasteiger charge is -2.19. The second-order valence-electron chi connectivity index (χ2n) is 7.41. The molecule has 1 heterocycles. The third kappa shape index (κ3) is 6.81. The molecule has 1 aliphatic rings. The number of nitrogens with zero attached hydrogens (tertiary/aromatic N) is 2. The lowest BCUT2D eigenvalue weighted by molar-refractivity contribution is -0.116. The van der Waals surface area contributed by atoms with Gasteiger partial charge < -0.3 is 0 Å². The number of hydrazine groups is 1. The van der Waals surface area contributed by atoms with Gasteiger partial charge in [-0.25, -0.2) is 10.0 Å². The third-order valence-corrected chi connectivity index (χ3v) is 6.95. The lowest BCUT2D eigenvalue weighted by atomic mass is 10.2. The van der Waals surface area contributed by atoms with Crippen LogP contribution in [-0.2, 0) is 4.79 Å². The van der Waals surface area contributed by atoms with E-state index < -0.39 is 5.25 Å². The number of nitrogens with one attached hydrogen (secondary N) is 1. The van der Waals surface area contributed by atoms with Crippen LogP contribution in [-0.4, -0.2) is 17.0 Å². The highest BCUT2D eigenvalue weighted by molar-refractivity contribution is 8.01. The molecule has 1 amide bonds. The van der Waals surface area contributed by atoms with Crippen LogP contribution in [0.4, 0.5) is 11.4 Å². The Morgan fingerprint density at radius 1 is 0.857 bits per heavy atom. The maximum atomic E-state index is 13.5. The Kier molecular flexibility index (Phi) is 11.2. The summed E-state index contributed by atoms with van der Waals surface area (Å²) in [6.45, 7) is 13.9. The van der Waals surface area contributed by atoms with Crippen molar-refractivity contribution in [1.82, 2.24) is 5.43 Å². The Labute approximate surface area is 223 Å². The fourth-order valence-electron chi connectivity index (χ4n) is 3.36. The molecular weight excluding hydrogens is 497 g/mol. The van der Waals surface area contributed by atoms with Crippen LogP contribution < -0.4 is 10.4 Å². The zero-order chi connectivity index (χ0) is 26.1. The molecule has 35 heavy (non-hydrogen) atoms. The molecule has 1 saturated heterocycles. The molecule has 0 spiro atoms. The van der Waals surface area contributed by atoms with Gasteiger partial charge >= 0.3 is 0 Å². The third-order valence-electron chi connectivity index (χ3n) is 5.00. The largest absolute Gasteiger partial charge is 0.276 e. The maximum absolute atomic E-state index is 13.5. The van der Waals surface area contributed by atoms with Gasteiger partial charge in [0.15, 0.2) is 0 Å². The second kappa shape index (κ2) is 13.6. The molecule has 0 aliphatic carbocycles. The number of anilines is 1. The lowest BCUT2D eigenvalue weighted by Crippen LogP contribution is -2.36. The molecule has 3 aromatic carbocycles. The fraction of sp³-hybridized carbons (Fsp3) is 0.286. The normalized spacial score (nSPS) is 15.7. The molecule has 7 heteroatoms. The van der Waals surface area contributed by atoms with Crippen molar-refractivity contribution in [3.05, 3.63) is 87.4 Å². The molecule has 1 unspecified atom stereocenters. The van der Waals surface area contributed by atoms with Crippen LogP contribution in [0.25, 0.3) is 0 Å². The van der Waals surface area contributed by atoms with Crippen LogP contribution >= 0.6 is 35.0 Å². The topological polar surface area (TPSA) is 44.7 Å². The molecule has 1 atom stereocenters. The first-order chi connectivity index (χ1) is 16.8. The SMILES string of the molecule is CC.CC.Cc1cc(Cl)c(N2NC(=Nc3ccccc3C)C(Sc3ccccc3C)C2=O)c(Cl)c1. The highest BCUT2D eigenvalue weighted by atomic mass is 35.5. The molecule has 1 fully saturated rings. The standard InChI is InChI=1S/C24H21Cl2N3OS.2C2H6/c1-14-12-17(25)21(18(26)13-14)29-24(30)22(31-20-11-7-5-9-16(20)3)23(28-29)27-19-10-6-4-8-15(19)2;2*1-2/h4-13,22H,1-3H3,(H,27,28);2*1-2H3. The van der Waals surface area contributed by atoms with Crippen molar-refractivity contribution >= 4 is 58.1 Å². The van der Waals surface area contributed by atoms with Gasteiger partial charge in [-0.15, -0.1) is 11.8 Å². The summed E-state index contributed by atoms with van der Waals surface area (Å²) >= 11 is 14.4. The monoisotopic (exact) mass is 529 g/mol. The van der Waals surface area contributed by atoms with E-state index in [2.05, 4.69) is 5.43 Å². The first-order valence-corrected chi connectivity index (χ1v) is 13.4. The summed E-state index contributed by atoms with van der Waals surface area (Å²) in [5.74, 6) is 0.369. The summed E-state index contributed by atoms with van der Waals surface area (Å²) in [7, 11) is 0. The van der Waals surface area contributed by atoms with Gasteiger partial charge in [-0.1, -0.05) is 87.3 Å². The highest BCUT2D eigenvalue weighted by Gasteiger charge is 2.41. The summed E-state index contributed by atoms with van der Waals surface area (Å²) in [4.78, 5) is 19.4. The number of hydrogen-bond acceptors (Lipinski definition) is 3. The van der Waals surface area contributed by atoms with Crippen molar-refractivity contribution < 1.29 is 4.79 Å². The zero-order valence-electron chi connectivity index (χ0n) is 21.3. The Morgan fingerprint density at radius 2 is 1.40 bits per heavy atom. The van der Waals surface area contributed by atoms with E-state index in [0.29, 0.717) is 21.6 Å². The fourth-order valence-corrected chi connectivity index (χ4v) is 5.21. The van der Waals surface area contributed by atoms with Gasteiger partial charge in [0.25, 0.3) is 5.91 Å². The van der Waals surface area contributed by atoms with Crippen molar-refractivity contribution in [1.29, 1.82) is 0 Å². The van der Waals surface area contributed by atoms with Crippen LogP contribution in [0.2, 0.25) is 10.0 Å². The minimum absolute atomic E-state index is 0.173. The Hall–Kier alpha value is -2.47. The quantitative estimate of drug-likeness (QED) is 0.367. The minimum atomic E-state index is -0.561. The number of carbonyl (C=O) groups excluding carboxylic acids is 1. The first-order valence-electron chi connectivity index (χ1n) is 11.8. The van der Waals surface area contributed by atoms with E-state index in [9.17, 15) is 4.79 Å². The van der Waals surface area contributed by atoms with Gasteiger partial charge in [-0.2, -0.15) is 0 Å². The van der Waals surface area contributed by atoms with Crippen LogP contribution in [0.3, 0.4) is 0 Å². The van der Waals surface area contributed by atoms with Gasteiger partial charge in [0.05, 0.1) is 15.7 Å². The number of thioether (sulfide) groups is 1. The van der Waals surface area contributed by atoms with E-state index in [1.165, 1.54) is 16.8 Å². The number of carbonyl (C=O) groups is 1. The van der Waals surface area contributed by atoms with Gasteiger partial charge in [-0.3, -0.25) is 10.2 Å². The van der Waals surface area contributed by atoms with E-state index >= 15 is 0 Å². The molecule has 0 aromatic heterocycles. The summed E-state index contributed by atoms with van der Waals surface area (Å²) in [5, 5.41) is 1.66. The number of amidine groups is 1. The van der Waals surface area contributed by atoms with Crippen molar-refractivity contribution in [3.63, 3.8) is 0 Å². The molecule has 4 nitrogen and oxygen atoms in total. The van der Waals surface area contributed by atoms with E-state index in [1.54, 1.807) is 12.1 Å². The van der Waals surface area contributed by atoms with Gasteiger partial charge in [0.2, 0.25) is 0 Å². The van der Waals surface area contributed by atoms with Crippen molar-refractivity contribution in [2.24, 2.45) is 4.99 Å². The van der Waals surface area contributed by atoms with Crippen LogP contribution in [0, 0.1) is 20.8 Å². The number of benzene rings is 3. The number of amides is 1. The predicted octanol–water partition coefficient (Wildman–Crippen LogP) is 8.71. The van der Waals surface area contributed by atoms with Crippen LogP contribution in [0.5, 0.6) is 0 Å². The smallest absolute Gasteiger partial charge is 0.267 e. The highest BCUT2D eigenvalue weighted by Crippen LogP contribution is 2.39. The van der Waals surface area contributed by atoms with Crippen LogP contribution in [0.1, 0.15) is 44.4 Å². The second-order valence-corrected chi connectivity index (χ2v) is 9.37. The average Bonchev–Trinajstić information content (AvgIpc) is 3.13. The molecule has 4 rings (SSSR count). The van der Waals surface area contributed by atoms with Crippen molar-refractivity contribution in [2.45, 2.75) is 58.6 Å². The van der Waals surface area contributed by atoms with Gasteiger partial charge in [0, 0.05) is 4.90 Å². The molecular formula is C28H33Cl2N3OS. The van der Waals surface area contributed by atoms with E-state index in [0.717, 1.165) is 27.3 Å². The maximum Gasteiger partial charge on any atom is 0.267 e. The molecule has 0 radical (unpaired) electrons. The summed E-state index contributed by atoms with van der Waals surface area (Å²) in [6.07, 6.45) is 0. The van der Waals surface area contributed by atoms with Gasteiger partial charge in [-0.05, 0) is 61.7 Å². The van der Waals surface area contributed by atoms with Crippen molar-refractivity contribution in [3.8, 4) is 0 Å². The number of rotatable bonds is 4. The van der Waals surface area contributed by atoms with Crippen LogP contribution in [0.15, 0.2) is 70.6 Å². The Morgan fingerprint density at radius 3 is 1.97 bits per heavy atom. The number of aryl methyl sites for hydroxylation is 3. The molecule has 3 aromatic rings. The Bertz CT molecular complexity index is 1170. The zero-order valence-corrected chi connectivity index (χ0v) is 23.6. The summed E-state index contributed by atoms with van der Waals surface area (Å²) in [5.41, 5.74) is 7.45. The number of hydrogen-bond donors (Lipinski definition) is 1. The van der Waals surface area contributed by atoms with Gasteiger partial charge in [0.1, 0.15) is 16.8 Å². The summed E-state index contributed by atoms with van der Waals surface area (Å²) in [6, 6.07) is 19.4. The predicted molar refractivity (Wildman–Crippen MR) is 154 cm³/mol. The molecule has 1 aliphatic heterocycles. The van der Waals surface area contributed by atoms with Crippen molar-refractivity contribution in [2.75, 3.05) is 5.01 Å². The van der Waals surface area contributed by atoms with E-state index in [1.807, 2.05) is 97.0 Å². The van der Waals surface area contributed by atoms with E-state index in [4.69, 9.17) is 28.2 Å². The first kappa shape index (κ1) is 28.8. The summed E-state index contributed by atoms with van der Waals surface area (Å²) < 4.78 is 0.